The van der Waals surface area contributed by atoms with Crippen molar-refractivity contribution in [1.29, 1.82) is 0 Å². The molecule has 3 aromatic rings. The normalized spacial score (nSPS) is 19.6. The molecule has 1 unspecified atom stereocenters. The second-order valence-electron chi connectivity index (χ2n) is 11.1. The van der Waals surface area contributed by atoms with E-state index in [-0.39, 0.29) is 5.91 Å². The van der Waals surface area contributed by atoms with E-state index in [1.54, 1.807) is 0 Å². The average molecular weight is 543 g/mol. The number of phenolic OH excluding ortho intramolecular Hbond substituents is 1. The van der Waals surface area contributed by atoms with Gasteiger partial charge >= 0.3 is 6.01 Å². The maximum absolute atomic E-state index is 12.2. The number of aromatic hydroxyl groups is 1. The number of fused-ring (bicyclic) bond motifs is 2. The van der Waals surface area contributed by atoms with Crippen molar-refractivity contribution in [3.05, 3.63) is 59.8 Å². The number of likely N-dealkylation sites (tertiary alicyclic amines) is 1. The van der Waals surface area contributed by atoms with E-state index in [0.29, 0.717) is 57.1 Å². The van der Waals surface area contributed by atoms with Crippen LogP contribution in [0.25, 0.3) is 10.8 Å². The number of rotatable bonds is 6. The number of amides is 1. The first kappa shape index (κ1) is 26.4. The second kappa shape index (κ2) is 11.0. The first-order valence-corrected chi connectivity index (χ1v) is 14.3. The molecule has 2 fully saturated rings. The molecule has 3 aliphatic heterocycles. The molecule has 6 rings (SSSR count). The van der Waals surface area contributed by atoms with Gasteiger partial charge in [0.15, 0.2) is 0 Å². The van der Waals surface area contributed by atoms with Crippen LogP contribution in [0.5, 0.6) is 11.8 Å². The van der Waals surface area contributed by atoms with Gasteiger partial charge in [0, 0.05) is 55.3 Å². The van der Waals surface area contributed by atoms with Crippen molar-refractivity contribution in [2.75, 3.05) is 62.7 Å². The molecule has 0 radical (unpaired) electrons. The highest BCUT2D eigenvalue weighted by atomic mass is 16.5. The standard InChI is InChI=1S/C31H38N6O3/c1-4-28(39)35-14-16-36(17-15-35)30-25-11-13-37(29-21(2)27(38)18-22-8-5-6-10-24(22)29)19-26(25)32-31(33-30)40-20-23-9-7-12-34(23)3/h4-6,8,10,18,23,38H,1,7,9,11-17,19-20H2,2-3H3. The quantitative estimate of drug-likeness (QED) is 0.474. The van der Waals surface area contributed by atoms with Crippen LogP contribution in [0.4, 0.5) is 11.5 Å². The summed E-state index contributed by atoms with van der Waals surface area (Å²) in [5.41, 5.74) is 4.03. The molecule has 0 saturated carbocycles. The van der Waals surface area contributed by atoms with Crippen LogP contribution in [0.3, 0.4) is 0 Å². The van der Waals surface area contributed by atoms with Crippen LogP contribution < -0.4 is 14.5 Å². The summed E-state index contributed by atoms with van der Waals surface area (Å²) in [5.74, 6) is 1.19. The summed E-state index contributed by atoms with van der Waals surface area (Å²) in [6.45, 7) is 11.3. The van der Waals surface area contributed by atoms with Gasteiger partial charge in [-0.1, -0.05) is 30.8 Å². The largest absolute Gasteiger partial charge is 0.508 e. The lowest BCUT2D eigenvalue weighted by Gasteiger charge is -2.38. The number of carbonyl (C=O) groups excluding carboxylic acids is 1. The molecule has 1 aromatic heterocycles. The molecular weight excluding hydrogens is 504 g/mol. The first-order chi connectivity index (χ1) is 19.4. The van der Waals surface area contributed by atoms with Gasteiger partial charge in [-0.3, -0.25) is 4.79 Å². The van der Waals surface area contributed by atoms with Gasteiger partial charge in [0.25, 0.3) is 0 Å². The smallest absolute Gasteiger partial charge is 0.318 e. The molecular formula is C31H38N6O3. The molecule has 9 heteroatoms. The number of likely N-dealkylation sites (N-methyl/N-ethyl adjacent to an activating group) is 1. The summed E-state index contributed by atoms with van der Waals surface area (Å²) < 4.78 is 6.26. The molecule has 1 amide bonds. The maximum atomic E-state index is 12.2. The van der Waals surface area contributed by atoms with Gasteiger partial charge in [-0.2, -0.15) is 9.97 Å². The molecule has 210 valence electrons. The monoisotopic (exact) mass is 542 g/mol. The van der Waals surface area contributed by atoms with Gasteiger partial charge in [-0.05, 0) is 57.3 Å². The number of aromatic nitrogens is 2. The second-order valence-corrected chi connectivity index (χ2v) is 11.1. The SMILES string of the molecule is C=CC(=O)N1CCN(c2nc(OCC3CCCN3C)nc3c2CCN(c2c(C)c(O)cc4ccccc24)C3)CC1. The van der Waals surface area contributed by atoms with E-state index < -0.39 is 0 Å². The predicted molar refractivity (Wildman–Crippen MR) is 157 cm³/mol. The molecule has 0 bridgehead atoms. The molecule has 9 nitrogen and oxygen atoms in total. The van der Waals surface area contributed by atoms with Crippen molar-refractivity contribution in [3.8, 4) is 11.8 Å². The number of nitrogens with zero attached hydrogens (tertiary/aromatic N) is 6. The van der Waals surface area contributed by atoms with Crippen LogP contribution in [0.15, 0.2) is 43.0 Å². The summed E-state index contributed by atoms with van der Waals surface area (Å²) in [6, 6.07) is 10.8. The minimum absolute atomic E-state index is 0.0292. The zero-order chi connectivity index (χ0) is 27.8. The van der Waals surface area contributed by atoms with Crippen LogP contribution in [-0.2, 0) is 17.8 Å². The highest BCUT2D eigenvalue weighted by Gasteiger charge is 2.30. The van der Waals surface area contributed by atoms with E-state index in [0.717, 1.165) is 65.0 Å². The van der Waals surface area contributed by atoms with E-state index in [1.807, 2.05) is 36.1 Å². The number of hydrogen-bond acceptors (Lipinski definition) is 8. The summed E-state index contributed by atoms with van der Waals surface area (Å²) in [6.07, 6.45) is 4.47. The Morgan fingerprint density at radius 2 is 1.93 bits per heavy atom. The third kappa shape index (κ3) is 4.94. The molecule has 1 N–H and O–H groups in total. The number of carbonyl (C=O) groups is 1. The highest BCUT2D eigenvalue weighted by Crippen LogP contribution is 2.39. The maximum Gasteiger partial charge on any atom is 0.318 e. The minimum atomic E-state index is -0.0292. The summed E-state index contributed by atoms with van der Waals surface area (Å²) in [7, 11) is 2.14. The Labute approximate surface area is 235 Å². The predicted octanol–water partition coefficient (Wildman–Crippen LogP) is 3.51. The van der Waals surface area contributed by atoms with Crippen LogP contribution >= 0.6 is 0 Å². The lowest BCUT2D eigenvalue weighted by molar-refractivity contribution is -0.126. The third-order valence-corrected chi connectivity index (χ3v) is 8.73. The zero-order valence-electron chi connectivity index (χ0n) is 23.5. The van der Waals surface area contributed by atoms with E-state index >= 15 is 0 Å². The molecule has 40 heavy (non-hydrogen) atoms. The topological polar surface area (TPSA) is 85.3 Å². The Hall–Kier alpha value is -3.85. The molecule has 1 atom stereocenters. The van der Waals surface area contributed by atoms with Gasteiger partial charge in [0.2, 0.25) is 5.91 Å². The van der Waals surface area contributed by atoms with Gasteiger partial charge in [0.05, 0.1) is 17.9 Å². The average Bonchev–Trinajstić information content (AvgIpc) is 3.40. The fraction of sp³-hybridized carbons (Fsp3) is 0.452. The van der Waals surface area contributed by atoms with E-state index in [1.165, 1.54) is 12.5 Å². The van der Waals surface area contributed by atoms with Crippen molar-refractivity contribution in [2.24, 2.45) is 0 Å². The van der Waals surface area contributed by atoms with Crippen molar-refractivity contribution in [2.45, 2.75) is 38.8 Å². The van der Waals surface area contributed by atoms with Gasteiger partial charge < -0.3 is 29.4 Å². The fourth-order valence-corrected chi connectivity index (χ4v) is 6.36. The lowest BCUT2D eigenvalue weighted by Crippen LogP contribution is -2.49. The Bertz CT molecular complexity index is 1430. The van der Waals surface area contributed by atoms with Crippen molar-refractivity contribution >= 4 is 28.2 Å². The Morgan fingerprint density at radius 1 is 1.12 bits per heavy atom. The Balaban J connectivity index is 1.33. The van der Waals surface area contributed by atoms with Crippen molar-refractivity contribution in [3.63, 3.8) is 0 Å². The fourth-order valence-electron chi connectivity index (χ4n) is 6.36. The molecule has 2 saturated heterocycles. The number of hydrogen-bond donors (Lipinski definition) is 1. The number of benzene rings is 2. The van der Waals surface area contributed by atoms with Crippen LogP contribution in [0.2, 0.25) is 0 Å². The number of piperazine rings is 1. The van der Waals surface area contributed by atoms with Crippen LogP contribution in [0, 0.1) is 6.92 Å². The lowest BCUT2D eigenvalue weighted by atomic mass is 9.99. The van der Waals surface area contributed by atoms with Crippen LogP contribution in [0.1, 0.15) is 29.7 Å². The number of anilines is 2. The third-order valence-electron chi connectivity index (χ3n) is 8.73. The van der Waals surface area contributed by atoms with Gasteiger partial charge in [-0.25, -0.2) is 0 Å². The minimum Gasteiger partial charge on any atom is -0.508 e. The van der Waals surface area contributed by atoms with E-state index in [4.69, 9.17) is 14.7 Å². The molecule has 0 spiro atoms. The summed E-state index contributed by atoms with van der Waals surface area (Å²) in [4.78, 5) is 30.9. The molecule has 3 aliphatic rings. The molecule has 2 aromatic carbocycles. The first-order valence-electron chi connectivity index (χ1n) is 14.3. The van der Waals surface area contributed by atoms with Crippen molar-refractivity contribution < 1.29 is 14.6 Å². The molecule has 0 aliphatic carbocycles. The number of phenols is 1. The number of ether oxygens (including phenoxy) is 1. The highest BCUT2D eigenvalue weighted by molar-refractivity contribution is 5.97. The van der Waals surface area contributed by atoms with Gasteiger partial charge in [-0.15, -0.1) is 0 Å². The summed E-state index contributed by atoms with van der Waals surface area (Å²) >= 11 is 0. The molecule has 4 heterocycles. The van der Waals surface area contributed by atoms with Crippen LogP contribution in [-0.4, -0.2) is 89.7 Å². The summed E-state index contributed by atoms with van der Waals surface area (Å²) in [5, 5.41) is 12.9. The van der Waals surface area contributed by atoms with Gasteiger partial charge in [0.1, 0.15) is 18.2 Å². The Kier molecular flexibility index (Phi) is 7.23. The Morgan fingerprint density at radius 3 is 2.67 bits per heavy atom. The zero-order valence-corrected chi connectivity index (χ0v) is 23.5. The van der Waals surface area contributed by atoms with Crippen molar-refractivity contribution in [1.82, 2.24) is 19.8 Å². The van der Waals surface area contributed by atoms with E-state index in [2.05, 4.69) is 34.4 Å². The van der Waals surface area contributed by atoms with E-state index in [9.17, 15) is 9.90 Å².